The Labute approximate surface area is 80.3 Å². The van der Waals surface area contributed by atoms with Crippen molar-refractivity contribution >= 4 is 0 Å². The zero-order chi connectivity index (χ0) is 9.10. The SMILES string of the molecule is CN1CCNC(C2=CC=CCC2)C1. The number of piperazine rings is 1. The molecule has 72 valence electrons. The second-order valence-electron chi connectivity index (χ2n) is 3.98. The number of allylic oxidation sites excluding steroid dienone is 3. The molecule has 0 aromatic heterocycles. The van der Waals surface area contributed by atoms with E-state index in [0.717, 1.165) is 6.54 Å². The Hall–Kier alpha value is -0.600. The summed E-state index contributed by atoms with van der Waals surface area (Å²) in [5.41, 5.74) is 1.58. The molecule has 0 saturated carbocycles. The highest BCUT2D eigenvalue weighted by molar-refractivity contribution is 5.23. The molecule has 2 aliphatic rings. The van der Waals surface area contributed by atoms with Crippen LogP contribution in [0, 0.1) is 0 Å². The van der Waals surface area contributed by atoms with Crippen LogP contribution in [0.5, 0.6) is 0 Å². The van der Waals surface area contributed by atoms with E-state index in [1.54, 1.807) is 5.57 Å². The summed E-state index contributed by atoms with van der Waals surface area (Å²) < 4.78 is 0. The van der Waals surface area contributed by atoms with Gasteiger partial charge in [0, 0.05) is 25.7 Å². The summed E-state index contributed by atoms with van der Waals surface area (Å²) in [6.07, 6.45) is 9.17. The minimum atomic E-state index is 0.601. The predicted octanol–water partition coefficient (Wildman–Crippen LogP) is 1.17. The van der Waals surface area contributed by atoms with E-state index >= 15 is 0 Å². The highest BCUT2D eigenvalue weighted by atomic mass is 15.2. The van der Waals surface area contributed by atoms with E-state index in [1.165, 1.54) is 25.9 Å². The average Bonchev–Trinajstić information content (AvgIpc) is 2.19. The third kappa shape index (κ3) is 2.20. The summed E-state index contributed by atoms with van der Waals surface area (Å²) in [4.78, 5) is 2.40. The van der Waals surface area contributed by atoms with Crippen molar-refractivity contribution in [1.82, 2.24) is 10.2 Å². The molecule has 13 heavy (non-hydrogen) atoms. The molecule has 1 aliphatic carbocycles. The Morgan fingerprint density at radius 3 is 3.15 bits per heavy atom. The maximum atomic E-state index is 3.58. The minimum absolute atomic E-state index is 0.601. The third-order valence-corrected chi connectivity index (χ3v) is 2.87. The predicted molar refractivity (Wildman–Crippen MR) is 55.7 cm³/mol. The zero-order valence-corrected chi connectivity index (χ0v) is 8.29. The molecule has 1 fully saturated rings. The van der Waals surface area contributed by atoms with Gasteiger partial charge in [0.1, 0.15) is 0 Å². The summed E-state index contributed by atoms with van der Waals surface area (Å²) in [6, 6.07) is 0.601. The molecule has 2 nitrogen and oxygen atoms in total. The van der Waals surface area contributed by atoms with Crippen molar-refractivity contribution in [3.63, 3.8) is 0 Å². The molecule has 1 heterocycles. The smallest absolute Gasteiger partial charge is 0.0411 e. The van der Waals surface area contributed by atoms with Gasteiger partial charge in [0.05, 0.1) is 0 Å². The van der Waals surface area contributed by atoms with Gasteiger partial charge >= 0.3 is 0 Å². The molecule has 1 saturated heterocycles. The number of hydrogen-bond acceptors (Lipinski definition) is 2. The number of likely N-dealkylation sites (N-methyl/N-ethyl adjacent to an activating group) is 1. The maximum absolute atomic E-state index is 3.58. The van der Waals surface area contributed by atoms with Crippen molar-refractivity contribution in [2.45, 2.75) is 18.9 Å². The molecule has 1 unspecified atom stereocenters. The van der Waals surface area contributed by atoms with Crippen LogP contribution in [-0.2, 0) is 0 Å². The van der Waals surface area contributed by atoms with Crippen molar-refractivity contribution in [2.24, 2.45) is 0 Å². The second kappa shape index (κ2) is 4.07. The van der Waals surface area contributed by atoms with E-state index in [4.69, 9.17) is 0 Å². The average molecular weight is 178 g/mol. The zero-order valence-electron chi connectivity index (χ0n) is 8.29. The molecule has 2 rings (SSSR count). The monoisotopic (exact) mass is 178 g/mol. The first-order valence-corrected chi connectivity index (χ1v) is 5.14. The lowest BCUT2D eigenvalue weighted by Crippen LogP contribution is -2.49. The number of nitrogens with zero attached hydrogens (tertiary/aromatic N) is 1. The van der Waals surface area contributed by atoms with Crippen LogP contribution < -0.4 is 5.32 Å². The lowest BCUT2D eigenvalue weighted by molar-refractivity contribution is 0.253. The van der Waals surface area contributed by atoms with Gasteiger partial charge < -0.3 is 10.2 Å². The fourth-order valence-electron chi connectivity index (χ4n) is 2.06. The molecule has 0 aromatic carbocycles. The molecular weight excluding hydrogens is 160 g/mol. The maximum Gasteiger partial charge on any atom is 0.0411 e. The number of nitrogens with one attached hydrogen (secondary N) is 1. The van der Waals surface area contributed by atoms with Crippen molar-refractivity contribution in [2.75, 3.05) is 26.7 Å². The topological polar surface area (TPSA) is 15.3 Å². The third-order valence-electron chi connectivity index (χ3n) is 2.87. The lowest BCUT2D eigenvalue weighted by atomic mass is 9.96. The van der Waals surface area contributed by atoms with Gasteiger partial charge in [0.2, 0.25) is 0 Å². The molecule has 1 atom stereocenters. The van der Waals surface area contributed by atoms with E-state index in [0.29, 0.717) is 6.04 Å². The minimum Gasteiger partial charge on any atom is -0.308 e. The van der Waals surface area contributed by atoms with Gasteiger partial charge in [-0.15, -0.1) is 0 Å². The van der Waals surface area contributed by atoms with Gasteiger partial charge in [-0.25, -0.2) is 0 Å². The van der Waals surface area contributed by atoms with Gasteiger partial charge in [0.15, 0.2) is 0 Å². The first-order valence-electron chi connectivity index (χ1n) is 5.14. The molecule has 1 N–H and O–H groups in total. The standard InChI is InChI=1S/C11H18N2/c1-13-8-7-12-11(9-13)10-5-3-2-4-6-10/h2-3,5,11-12H,4,6-9H2,1H3. The van der Waals surface area contributed by atoms with Gasteiger partial charge in [-0.05, 0) is 19.9 Å². The molecular formula is C11H18N2. The Bertz CT molecular complexity index is 230. The van der Waals surface area contributed by atoms with Crippen LogP contribution in [0.2, 0.25) is 0 Å². The molecule has 0 bridgehead atoms. The van der Waals surface area contributed by atoms with Crippen LogP contribution in [0.15, 0.2) is 23.8 Å². The van der Waals surface area contributed by atoms with E-state index in [9.17, 15) is 0 Å². The summed E-state index contributed by atoms with van der Waals surface area (Å²) >= 11 is 0. The summed E-state index contributed by atoms with van der Waals surface area (Å²) in [6.45, 7) is 3.47. The molecule has 0 spiro atoms. The van der Waals surface area contributed by atoms with E-state index in [-0.39, 0.29) is 0 Å². The van der Waals surface area contributed by atoms with E-state index in [1.807, 2.05) is 0 Å². The molecule has 0 aromatic rings. The number of rotatable bonds is 1. The summed E-state index contributed by atoms with van der Waals surface area (Å²) in [5, 5.41) is 3.58. The van der Waals surface area contributed by atoms with Crippen LogP contribution in [0.4, 0.5) is 0 Å². The van der Waals surface area contributed by atoms with Gasteiger partial charge in [-0.3, -0.25) is 0 Å². The van der Waals surface area contributed by atoms with Gasteiger partial charge in [0.25, 0.3) is 0 Å². The Morgan fingerprint density at radius 1 is 1.54 bits per heavy atom. The quantitative estimate of drug-likeness (QED) is 0.648. The molecule has 1 aliphatic heterocycles. The van der Waals surface area contributed by atoms with Crippen molar-refractivity contribution in [3.05, 3.63) is 23.8 Å². The first-order chi connectivity index (χ1) is 6.36. The van der Waals surface area contributed by atoms with Crippen LogP contribution in [-0.4, -0.2) is 37.6 Å². The van der Waals surface area contributed by atoms with E-state index in [2.05, 4.69) is 35.5 Å². The molecule has 2 heteroatoms. The highest BCUT2D eigenvalue weighted by Gasteiger charge is 2.19. The van der Waals surface area contributed by atoms with Crippen LogP contribution in [0.1, 0.15) is 12.8 Å². The second-order valence-corrected chi connectivity index (χ2v) is 3.98. The summed E-state index contributed by atoms with van der Waals surface area (Å²) in [5.74, 6) is 0. The Morgan fingerprint density at radius 2 is 2.46 bits per heavy atom. The fourth-order valence-corrected chi connectivity index (χ4v) is 2.06. The Kier molecular flexibility index (Phi) is 2.81. The Balaban J connectivity index is 1.98. The van der Waals surface area contributed by atoms with Crippen LogP contribution in [0.3, 0.4) is 0 Å². The largest absolute Gasteiger partial charge is 0.308 e. The molecule has 0 amide bonds. The van der Waals surface area contributed by atoms with E-state index < -0.39 is 0 Å². The van der Waals surface area contributed by atoms with Crippen molar-refractivity contribution in [3.8, 4) is 0 Å². The van der Waals surface area contributed by atoms with Crippen molar-refractivity contribution < 1.29 is 0 Å². The highest BCUT2D eigenvalue weighted by Crippen LogP contribution is 2.17. The number of hydrogen-bond donors (Lipinski definition) is 1. The van der Waals surface area contributed by atoms with Crippen molar-refractivity contribution in [1.29, 1.82) is 0 Å². The van der Waals surface area contributed by atoms with Gasteiger partial charge in [-0.1, -0.05) is 23.8 Å². The van der Waals surface area contributed by atoms with Crippen LogP contribution >= 0.6 is 0 Å². The first kappa shape index (κ1) is 8.97. The molecule has 0 radical (unpaired) electrons. The fraction of sp³-hybridized carbons (Fsp3) is 0.636. The van der Waals surface area contributed by atoms with Gasteiger partial charge in [-0.2, -0.15) is 0 Å². The summed E-state index contributed by atoms with van der Waals surface area (Å²) in [7, 11) is 2.20. The lowest BCUT2D eigenvalue weighted by Gasteiger charge is -2.33. The van der Waals surface area contributed by atoms with Crippen LogP contribution in [0.25, 0.3) is 0 Å². The normalized spacial score (nSPS) is 30.2.